The van der Waals surface area contributed by atoms with E-state index in [0.717, 1.165) is 0 Å². The topological polar surface area (TPSA) is 113 Å². The Labute approximate surface area is 80.9 Å². The number of carbonyl (C=O) groups is 3. The molecule has 0 atom stereocenters. The molecule has 0 saturated carbocycles. The lowest BCUT2D eigenvalue weighted by Crippen LogP contribution is -2.37. The molecule has 0 aliphatic heterocycles. The van der Waals surface area contributed by atoms with Crippen LogP contribution >= 0.6 is 0 Å². The van der Waals surface area contributed by atoms with Crippen LogP contribution in [0, 0.1) is 0 Å². The molecule has 0 aliphatic carbocycles. The van der Waals surface area contributed by atoms with Gasteiger partial charge in [0.05, 0.1) is 6.54 Å². The van der Waals surface area contributed by atoms with Crippen LogP contribution in [0.2, 0.25) is 0 Å². The first-order valence-corrected chi connectivity index (χ1v) is 3.91. The fraction of sp³-hybridized carbons (Fsp3) is 0.571. The maximum Gasteiger partial charge on any atom is 0.318 e. The largest absolute Gasteiger partial charge is 0.480 e. The van der Waals surface area contributed by atoms with Gasteiger partial charge >= 0.3 is 12.0 Å². The van der Waals surface area contributed by atoms with E-state index in [-0.39, 0.29) is 19.5 Å². The number of amides is 3. The number of imide groups is 1. The predicted molar refractivity (Wildman–Crippen MR) is 47.5 cm³/mol. The van der Waals surface area contributed by atoms with E-state index < -0.39 is 17.9 Å². The molecule has 0 fully saturated rings. The lowest BCUT2D eigenvalue weighted by Gasteiger charge is -2.12. The fourth-order valence-corrected chi connectivity index (χ4v) is 0.802. The van der Waals surface area contributed by atoms with Crippen molar-refractivity contribution in [3.63, 3.8) is 0 Å². The molecule has 0 aliphatic rings. The number of hydrogen-bond acceptors (Lipinski definition) is 4. The van der Waals surface area contributed by atoms with Gasteiger partial charge in [-0.2, -0.15) is 0 Å². The summed E-state index contributed by atoms with van der Waals surface area (Å²) in [7, 11) is 1.56. The lowest BCUT2D eigenvalue weighted by molar-refractivity contribution is -0.138. The van der Waals surface area contributed by atoms with Gasteiger partial charge in [0, 0.05) is 13.0 Å². The third kappa shape index (κ3) is 7.04. The van der Waals surface area contributed by atoms with Gasteiger partial charge in [0.2, 0.25) is 5.91 Å². The number of hydrogen-bond donors (Lipinski definition) is 3. The maximum atomic E-state index is 10.9. The molecule has 0 radical (unpaired) electrons. The molecule has 0 aromatic heterocycles. The molecule has 0 unspecified atom stereocenters. The van der Waals surface area contributed by atoms with Crippen LogP contribution in [0.4, 0.5) is 4.79 Å². The van der Waals surface area contributed by atoms with E-state index >= 15 is 0 Å². The number of aliphatic carboxylic acids is 1. The van der Waals surface area contributed by atoms with E-state index in [9.17, 15) is 14.4 Å². The Morgan fingerprint density at radius 3 is 2.43 bits per heavy atom. The van der Waals surface area contributed by atoms with E-state index in [1.165, 1.54) is 4.90 Å². The minimum atomic E-state index is -0.970. The quantitative estimate of drug-likeness (QED) is 0.508. The highest BCUT2D eigenvalue weighted by molar-refractivity contribution is 5.93. The van der Waals surface area contributed by atoms with Crippen molar-refractivity contribution in [2.45, 2.75) is 6.42 Å². The molecule has 0 aromatic carbocycles. The zero-order valence-electron chi connectivity index (χ0n) is 7.82. The molecule has 0 heterocycles. The number of carbonyl (C=O) groups excluding carboxylic acids is 2. The Balaban J connectivity index is 3.66. The number of carboxylic acid groups (broad SMARTS) is 1. The molecular formula is C7H13N3O4. The van der Waals surface area contributed by atoms with E-state index in [0.29, 0.717) is 0 Å². The van der Waals surface area contributed by atoms with Gasteiger partial charge in [-0.1, -0.05) is 0 Å². The number of nitrogens with one attached hydrogen (secondary N) is 1. The average Bonchev–Trinajstić information content (AvgIpc) is 1.98. The molecule has 7 heteroatoms. The summed E-state index contributed by atoms with van der Waals surface area (Å²) in [4.78, 5) is 32.7. The summed E-state index contributed by atoms with van der Waals surface area (Å²) in [6, 6.07) is -0.907. The monoisotopic (exact) mass is 203 g/mol. The van der Waals surface area contributed by atoms with Crippen molar-refractivity contribution in [1.29, 1.82) is 0 Å². The first-order valence-electron chi connectivity index (χ1n) is 3.91. The summed E-state index contributed by atoms with van der Waals surface area (Å²) in [5.74, 6) is -1.49. The minimum Gasteiger partial charge on any atom is -0.480 e. The van der Waals surface area contributed by atoms with Gasteiger partial charge in [0.15, 0.2) is 0 Å². The normalized spacial score (nSPS) is 9.86. The molecule has 0 aromatic rings. The number of rotatable bonds is 5. The van der Waals surface area contributed by atoms with Gasteiger partial charge < -0.3 is 10.8 Å². The summed E-state index contributed by atoms with van der Waals surface area (Å²) in [5.41, 5.74) is 4.70. The number of nitrogens with two attached hydrogens (primary N) is 1. The van der Waals surface area contributed by atoms with Gasteiger partial charge in [-0.3, -0.25) is 19.8 Å². The highest BCUT2D eigenvalue weighted by Gasteiger charge is 2.08. The Morgan fingerprint density at radius 1 is 1.43 bits per heavy atom. The molecule has 3 amide bonds. The Hall–Kier alpha value is -1.63. The first kappa shape index (κ1) is 12.4. The van der Waals surface area contributed by atoms with Crippen LogP contribution in [0.3, 0.4) is 0 Å². The molecule has 14 heavy (non-hydrogen) atoms. The molecule has 7 nitrogen and oxygen atoms in total. The number of nitrogens with zero attached hydrogens (tertiary/aromatic N) is 1. The Bertz CT molecular complexity index is 241. The van der Waals surface area contributed by atoms with Crippen molar-refractivity contribution >= 4 is 17.9 Å². The number of primary amides is 1. The summed E-state index contributed by atoms with van der Waals surface area (Å²) in [6.45, 7) is 0.106. The molecule has 0 spiro atoms. The van der Waals surface area contributed by atoms with Crippen molar-refractivity contribution in [2.24, 2.45) is 5.73 Å². The van der Waals surface area contributed by atoms with Gasteiger partial charge in [0.25, 0.3) is 0 Å². The number of likely N-dealkylation sites (N-methyl/N-ethyl adjacent to an activating group) is 1. The van der Waals surface area contributed by atoms with Gasteiger partial charge in [-0.25, -0.2) is 4.79 Å². The van der Waals surface area contributed by atoms with Crippen molar-refractivity contribution in [2.75, 3.05) is 20.1 Å². The second kappa shape index (κ2) is 5.92. The third-order valence-corrected chi connectivity index (χ3v) is 1.39. The number of urea groups is 1. The standard InChI is InChI=1S/C7H13N3O4/c1-10(4-6(12)13)3-2-5(11)9-7(8)14/h2-4H2,1H3,(H,12,13)(H3,8,9,11,14). The molecule has 4 N–H and O–H groups in total. The fourth-order valence-electron chi connectivity index (χ4n) is 0.802. The second-order valence-corrected chi connectivity index (χ2v) is 2.79. The molecule has 0 rings (SSSR count). The number of carboxylic acids is 1. The molecule has 0 bridgehead atoms. The Morgan fingerprint density at radius 2 is 2.00 bits per heavy atom. The van der Waals surface area contributed by atoms with Crippen molar-refractivity contribution in [1.82, 2.24) is 10.2 Å². The highest BCUT2D eigenvalue weighted by Crippen LogP contribution is 1.87. The molecule has 0 saturated heterocycles. The zero-order chi connectivity index (χ0) is 11.1. The van der Waals surface area contributed by atoms with Gasteiger partial charge in [-0.15, -0.1) is 0 Å². The van der Waals surface area contributed by atoms with Gasteiger partial charge in [-0.05, 0) is 7.05 Å². The highest BCUT2D eigenvalue weighted by atomic mass is 16.4. The molecule has 80 valence electrons. The van der Waals surface area contributed by atoms with Crippen LogP contribution in [-0.4, -0.2) is 48.1 Å². The van der Waals surface area contributed by atoms with Crippen LogP contribution in [0.1, 0.15) is 6.42 Å². The van der Waals surface area contributed by atoms with E-state index in [1.807, 2.05) is 5.32 Å². The lowest BCUT2D eigenvalue weighted by atomic mass is 10.3. The summed E-state index contributed by atoms with van der Waals surface area (Å²) in [6.07, 6.45) is 0.0344. The van der Waals surface area contributed by atoms with Crippen LogP contribution < -0.4 is 11.1 Å². The van der Waals surface area contributed by atoms with E-state index in [4.69, 9.17) is 10.8 Å². The van der Waals surface area contributed by atoms with Crippen LogP contribution in [-0.2, 0) is 9.59 Å². The predicted octanol–water partition coefficient (Wildman–Crippen LogP) is -1.41. The van der Waals surface area contributed by atoms with Crippen molar-refractivity contribution in [3.05, 3.63) is 0 Å². The van der Waals surface area contributed by atoms with Crippen LogP contribution in [0.5, 0.6) is 0 Å². The third-order valence-electron chi connectivity index (χ3n) is 1.39. The summed E-state index contributed by atoms with van der Waals surface area (Å²) >= 11 is 0. The van der Waals surface area contributed by atoms with Crippen LogP contribution in [0.25, 0.3) is 0 Å². The minimum absolute atomic E-state index is 0.0344. The van der Waals surface area contributed by atoms with Gasteiger partial charge in [0.1, 0.15) is 0 Å². The molecular weight excluding hydrogens is 190 g/mol. The second-order valence-electron chi connectivity index (χ2n) is 2.79. The van der Waals surface area contributed by atoms with E-state index in [1.54, 1.807) is 7.05 Å². The van der Waals surface area contributed by atoms with Crippen molar-refractivity contribution in [3.8, 4) is 0 Å². The average molecular weight is 203 g/mol. The van der Waals surface area contributed by atoms with Crippen molar-refractivity contribution < 1.29 is 19.5 Å². The maximum absolute atomic E-state index is 10.9. The smallest absolute Gasteiger partial charge is 0.318 e. The summed E-state index contributed by atoms with van der Waals surface area (Å²) < 4.78 is 0. The van der Waals surface area contributed by atoms with E-state index in [2.05, 4.69) is 0 Å². The Kier molecular flexibility index (Phi) is 5.23. The first-order chi connectivity index (χ1) is 6.41. The van der Waals surface area contributed by atoms with Crippen LogP contribution in [0.15, 0.2) is 0 Å². The zero-order valence-corrected chi connectivity index (χ0v) is 7.82. The summed E-state index contributed by atoms with van der Waals surface area (Å²) in [5, 5.41) is 10.3. The SMILES string of the molecule is CN(CCC(=O)NC(N)=O)CC(=O)O.